The topological polar surface area (TPSA) is 46.2 Å². The molecule has 58 heavy (non-hydrogen) atoms. The predicted octanol–water partition coefficient (Wildman–Crippen LogP) is 12.0. The fourth-order valence-electron chi connectivity index (χ4n) is 8.74. The van der Waals surface area contributed by atoms with Crippen LogP contribution in [0.3, 0.4) is 0 Å². The van der Waals surface area contributed by atoms with E-state index in [0.29, 0.717) is 49.7 Å². The number of ether oxygens (including phenoxy) is 5. The Kier molecular flexibility index (Phi) is 15.7. The predicted molar refractivity (Wildman–Crippen MR) is 238 cm³/mol. The Balaban J connectivity index is 1.47. The summed E-state index contributed by atoms with van der Waals surface area (Å²) in [6.07, 6.45) is -2.58. The molecule has 0 aliphatic carbocycles. The molecule has 5 nitrogen and oxygen atoms in total. The van der Waals surface area contributed by atoms with Crippen LogP contribution in [0.2, 0.25) is 16.6 Å². The molecule has 0 aromatic heterocycles. The number of hydrogen-bond donors (Lipinski definition) is 0. The zero-order valence-corrected chi connectivity index (χ0v) is 36.5. The van der Waals surface area contributed by atoms with Crippen LogP contribution in [0, 0.1) is 18.4 Å². The fourth-order valence-corrected chi connectivity index (χ4v) is 13.9. The SMILES string of the molecule is Cc1cccc([C@H]2O[C@H](COCc3ccccc3)[C@@H](OCc3ccccc3)[C@H](OCc3ccccc3)[C@@H]2OCc2ccccc2)c1C#C[Si](C(C)C)(C(C)C)C(C)C. The Hall–Kier alpha value is -4.32. The summed E-state index contributed by atoms with van der Waals surface area (Å²) in [7, 11) is -2.06. The van der Waals surface area contributed by atoms with E-state index in [1.165, 1.54) is 0 Å². The quantitative estimate of drug-likeness (QED) is 0.0693. The first-order valence-corrected chi connectivity index (χ1v) is 23.3. The molecule has 0 bridgehead atoms. The lowest BCUT2D eigenvalue weighted by molar-refractivity contribution is -0.275. The third-order valence-electron chi connectivity index (χ3n) is 11.8. The third kappa shape index (κ3) is 10.8. The van der Waals surface area contributed by atoms with Crippen LogP contribution in [0.15, 0.2) is 140 Å². The van der Waals surface area contributed by atoms with Gasteiger partial charge in [-0.2, -0.15) is 0 Å². The summed E-state index contributed by atoms with van der Waals surface area (Å²) in [6, 6.07) is 47.6. The molecule has 5 aromatic carbocycles. The first-order valence-electron chi connectivity index (χ1n) is 21.0. The molecule has 6 heteroatoms. The minimum Gasteiger partial charge on any atom is -0.374 e. The van der Waals surface area contributed by atoms with E-state index in [-0.39, 0.29) is 0 Å². The van der Waals surface area contributed by atoms with Gasteiger partial charge in [0.05, 0.1) is 33.0 Å². The van der Waals surface area contributed by atoms with Gasteiger partial charge in [0, 0.05) is 5.56 Å². The first kappa shape index (κ1) is 43.3. The molecule has 1 aliphatic rings. The van der Waals surface area contributed by atoms with Crippen molar-refractivity contribution in [3.05, 3.63) is 178 Å². The number of benzene rings is 5. The van der Waals surface area contributed by atoms with Crippen LogP contribution < -0.4 is 0 Å². The molecule has 304 valence electrons. The van der Waals surface area contributed by atoms with Crippen LogP contribution in [0.5, 0.6) is 0 Å². The fraction of sp³-hybridized carbons (Fsp3) is 0.385. The molecule has 1 aliphatic heterocycles. The summed E-state index contributed by atoms with van der Waals surface area (Å²) in [4.78, 5) is 0. The van der Waals surface area contributed by atoms with Gasteiger partial charge in [0.1, 0.15) is 38.6 Å². The Morgan fingerprint density at radius 2 is 0.948 bits per heavy atom. The summed E-state index contributed by atoms with van der Waals surface area (Å²) in [6.45, 7) is 18.3. The number of rotatable bonds is 17. The van der Waals surface area contributed by atoms with Crippen molar-refractivity contribution >= 4 is 8.07 Å². The molecule has 0 N–H and O–H groups in total. The molecule has 0 radical (unpaired) electrons. The maximum Gasteiger partial charge on any atom is 0.146 e. The molecule has 1 fully saturated rings. The van der Waals surface area contributed by atoms with Gasteiger partial charge in [-0.3, -0.25) is 0 Å². The van der Waals surface area contributed by atoms with E-state index >= 15 is 0 Å². The molecule has 5 atom stereocenters. The Bertz CT molecular complexity index is 2000. The largest absolute Gasteiger partial charge is 0.374 e. The van der Waals surface area contributed by atoms with Gasteiger partial charge < -0.3 is 23.7 Å². The van der Waals surface area contributed by atoms with E-state index < -0.39 is 38.6 Å². The maximum absolute atomic E-state index is 7.35. The second-order valence-corrected chi connectivity index (χ2v) is 22.1. The summed E-state index contributed by atoms with van der Waals surface area (Å²) in [5, 5.41) is 0. The molecule has 5 aromatic rings. The minimum atomic E-state index is -2.06. The van der Waals surface area contributed by atoms with Crippen LogP contribution in [0.1, 0.15) is 86.6 Å². The van der Waals surface area contributed by atoms with Crippen molar-refractivity contribution in [1.29, 1.82) is 0 Å². The zero-order chi connectivity index (χ0) is 40.9. The van der Waals surface area contributed by atoms with Crippen molar-refractivity contribution in [1.82, 2.24) is 0 Å². The molecule has 0 amide bonds. The van der Waals surface area contributed by atoms with Gasteiger partial charge in [-0.05, 0) is 56.9 Å². The van der Waals surface area contributed by atoms with E-state index in [1.54, 1.807) is 0 Å². The molecule has 1 saturated heterocycles. The van der Waals surface area contributed by atoms with Crippen molar-refractivity contribution < 1.29 is 23.7 Å². The second kappa shape index (κ2) is 21.1. The number of hydrogen-bond acceptors (Lipinski definition) is 5. The van der Waals surface area contributed by atoms with Crippen molar-refractivity contribution in [3.8, 4) is 11.5 Å². The van der Waals surface area contributed by atoms with E-state index in [0.717, 1.165) is 38.9 Å². The Morgan fingerprint density at radius 3 is 1.41 bits per heavy atom. The maximum atomic E-state index is 7.35. The van der Waals surface area contributed by atoms with Gasteiger partial charge >= 0.3 is 0 Å². The summed E-state index contributed by atoms with van der Waals surface area (Å²) < 4.78 is 35.0. The third-order valence-corrected chi connectivity index (χ3v) is 18.1. The minimum absolute atomic E-state index is 0.304. The highest BCUT2D eigenvalue weighted by Gasteiger charge is 2.50. The van der Waals surface area contributed by atoms with Crippen LogP contribution in [0.25, 0.3) is 0 Å². The highest BCUT2D eigenvalue weighted by Crippen LogP contribution is 2.43. The van der Waals surface area contributed by atoms with Crippen LogP contribution in [-0.4, -0.2) is 39.1 Å². The molecule has 0 spiro atoms. The van der Waals surface area contributed by atoms with Gasteiger partial charge in [0.15, 0.2) is 0 Å². The van der Waals surface area contributed by atoms with E-state index in [9.17, 15) is 0 Å². The van der Waals surface area contributed by atoms with Crippen molar-refractivity contribution in [3.63, 3.8) is 0 Å². The lowest BCUT2D eigenvalue weighted by atomic mass is 9.87. The lowest BCUT2D eigenvalue weighted by Crippen LogP contribution is -2.58. The Labute approximate surface area is 349 Å². The van der Waals surface area contributed by atoms with E-state index in [2.05, 4.69) is 127 Å². The van der Waals surface area contributed by atoms with Crippen molar-refractivity contribution in [2.45, 2.75) is 122 Å². The van der Waals surface area contributed by atoms with Gasteiger partial charge in [0.25, 0.3) is 0 Å². The standard InChI is InChI=1S/C52H62O5Si/c1-38(2)58(39(3)4,40(5)6)32-31-46-41(7)21-20-30-47(46)49-51(55-35-44-26-16-10-17-27-44)52(56-36-45-28-18-11-19-29-45)50(54-34-43-24-14-9-15-25-43)48(57-49)37-53-33-42-22-12-8-13-23-42/h8-30,38-40,48-52H,33-37H2,1-7H3/t48-,49-,50-,51-,52+/m1/s1. The lowest BCUT2D eigenvalue weighted by Gasteiger charge is -2.46. The number of aryl methyl sites for hydroxylation is 1. The van der Waals surface area contributed by atoms with Gasteiger partial charge in [-0.15, -0.1) is 5.54 Å². The van der Waals surface area contributed by atoms with Crippen molar-refractivity contribution in [2.75, 3.05) is 6.61 Å². The first-order chi connectivity index (χ1) is 28.2. The normalized spacial score (nSPS) is 19.7. The van der Waals surface area contributed by atoms with Gasteiger partial charge in [-0.25, -0.2) is 0 Å². The summed E-state index contributed by atoms with van der Waals surface area (Å²) in [5.74, 6) is 3.84. The van der Waals surface area contributed by atoms with E-state index in [1.807, 2.05) is 72.8 Å². The smallest absolute Gasteiger partial charge is 0.146 e. The molecule has 1 heterocycles. The molecular formula is C52H62O5Si. The highest BCUT2D eigenvalue weighted by molar-refractivity contribution is 6.90. The van der Waals surface area contributed by atoms with Gasteiger partial charge in [0.2, 0.25) is 0 Å². The monoisotopic (exact) mass is 794 g/mol. The summed E-state index contributed by atoms with van der Waals surface area (Å²) >= 11 is 0. The van der Waals surface area contributed by atoms with Crippen LogP contribution >= 0.6 is 0 Å². The highest BCUT2D eigenvalue weighted by atomic mass is 28.3. The molecule has 6 rings (SSSR count). The Morgan fingerprint density at radius 1 is 0.517 bits per heavy atom. The average molecular weight is 795 g/mol. The average Bonchev–Trinajstić information content (AvgIpc) is 3.23. The summed E-state index contributed by atoms with van der Waals surface area (Å²) in [5.41, 5.74) is 13.0. The van der Waals surface area contributed by atoms with Crippen LogP contribution in [-0.2, 0) is 50.1 Å². The zero-order valence-electron chi connectivity index (χ0n) is 35.5. The van der Waals surface area contributed by atoms with Crippen molar-refractivity contribution in [2.24, 2.45) is 0 Å². The van der Waals surface area contributed by atoms with Crippen LogP contribution in [0.4, 0.5) is 0 Å². The van der Waals surface area contributed by atoms with Gasteiger partial charge in [-0.1, -0.05) is 187 Å². The van der Waals surface area contributed by atoms with E-state index in [4.69, 9.17) is 23.7 Å². The molecular weight excluding hydrogens is 733 g/mol. The second-order valence-electron chi connectivity index (χ2n) is 16.6. The molecule has 0 unspecified atom stereocenters. The molecule has 0 saturated carbocycles.